The first-order valence-corrected chi connectivity index (χ1v) is 10.9. The molecule has 0 aliphatic rings. The molecule has 0 aliphatic carbocycles. The van der Waals surface area contributed by atoms with Gasteiger partial charge in [-0.2, -0.15) is 4.31 Å². The third kappa shape index (κ3) is 4.50. The summed E-state index contributed by atoms with van der Waals surface area (Å²) in [7, 11) is -3.78. The number of aromatic nitrogens is 2. The van der Waals surface area contributed by atoms with E-state index in [1.165, 1.54) is 22.5 Å². The molecule has 0 radical (unpaired) electrons. The van der Waals surface area contributed by atoms with Crippen molar-refractivity contribution in [1.82, 2.24) is 14.3 Å². The molecule has 1 aromatic heterocycles. The maximum Gasteiger partial charge on any atom is 0.255 e. The predicted octanol–water partition coefficient (Wildman–Crippen LogP) is 4.01. The second kappa shape index (κ2) is 8.77. The fraction of sp³-hybridized carbons (Fsp3) is 0.200. The predicted molar refractivity (Wildman–Crippen MR) is 114 cm³/mol. The van der Waals surface area contributed by atoms with E-state index in [4.69, 9.17) is 11.6 Å². The average Bonchev–Trinajstić information content (AvgIpc) is 3.24. The molecule has 0 atom stereocenters. The molecule has 1 amide bonds. The molecule has 0 aliphatic heterocycles. The maximum absolute atomic E-state index is 12.8. The lowest BCUT2D eigenvalue weighted by Crippen LogP contribution is -2.31. The van der Waals surface area contributed by atoms with E-state index >= 15 is 0 Å². The van der Waals surface area contributed by atoms with Crippen molar-refractivity contribution < 1.29 is 13.2 Å². The Labute approximate surface area is 174 Å². The Balaban J connectivity index is 1.83. The SMILES string of the molecule is CCN(CC)S(=O)(=O)c1cc(C(=O)Nc2ccc(-c3ncc[nH]3)cc2)ccc1Cl. The number of halogens is 1. The lowest BCUT2D eigenvalue weighted by Gasteiger charge is -2.19. The van der Waals surface area contributed by atoms with Crippen molar-refractivity contribution in [2.45, 2.75) is 18.7 Å². The van der Waals surface area contributed by atoms with Gasteiger partial charge in [-0.25, -0.2) is 13.4 Å². The van der Waals surface area contributed by atoms with Crippen LogP contribution in [-0.4, -0.2) is 41.7 Å². The maximum atomic E-state index is 12.8. The fourth-order valence-corrected chi connectivity index (χ4v) is 4.84. The number of benzene rings is 2. The van der Waals surface area contributed by atoms with E-state index in [0.717, 1.165) is 11.4 Å². The van der Waals surface area contributed by atoms with E-state index < -0.39 is 15.9 Å². The van der Waals surface area contributed by atoms with E-state index in [-0.39, 0.29) is 15.5 Å². The Morgan fingerprint density at radius 1 is 1.14 bits per heavy atom. The van der Waals surface area contributed by atoms with Crippen LogP contribution >= 0.6 is 11.6 Å². The van der Waals surface area contributed by atoms with Gasteiger partial charge in [-0.05, 0) is 42.5 Å². The number of carbonyl (C=O) groups excluding carboxylic acids is 1. The second-order valence-electron chi connectivity index (χ2n) is 6.20. The van der Waals surface area contributed by atoms with Gasteiger partial charge in [0.1, 0.15) is 10.7 Å². The summed E-state index contributed by atoms with van der Waals surface area (Å²) in [5.74, 6) is 0.301. The molecule has 3 rings (SSSR count). The molecule has 0 saturated carbocycles. The number of anilines is 1. The summed E-state index contributed by atoms with van der Waals surface area (Å²) in [6.45, 7) is 4.12. The van der Waals surface area contributed by atoms with Crippen LogP contribution in [0.15, 0.2) is 59.8 Å². The highest BCUT2D eigenvalue weighted by atomic mass is 35.5. The van der Waals surface area contributed by atoms with Crippen molar-refractivity contribution >= 4 is 33.2 Å². The highest BCUT2D eigenvalue weighted by molar-refractivity contribution is 7.89. The smallest absolute Gasteiger partial charge is 0.255 e. The zero-order valence-electron chi connectivity index (χ0n) is 16.0. The van der Waals surface area contributed by atoms with Crippen molar-refractivity contribution in [2.75, 3.05) is 18.4 Å². The van der Waals surface area contributed by atoms with Crippen LogP contribution in [0.1, 0.15) is 24.2 Å². The highest BCUT2D eigenvalue weighted by Crippen LogP contribution is 2.26. The first-order chi connectivity index (χ1) is 13.9. The van der Waals surface area contributed by atoms with Crippen LogP contribution in [-0.2, 0) is 10.0 Å². The summed E-state index contributed by atoms with van der Waals surface area (Å²) < 4.78 is 26.9. The number of hydrogen-bond donors (Lipinski definition) is 2. The van der Waals surface area contributed by atoms with Gasteiger partial charge >= 0.3 is 0 Å². The number of amides is 1. The molecular weight excluding hydrogens is 412 g/mol. The lowest BCUT2D eigenvalue weighted by molar-refractivity contribution is 0.102. The van der Waals surface area contributed by atoms with E-state index in [1.54, 1.807) is 38.4 Å². The number of sulfonamides is 1. The van der Waals surface area contributed by atoms with Gasteiger partial charge in [0, 0.05) is 42.3 Å². The lowest BCUT2D eigenvalue weighted by atomic mass is 10.1. The molecule has 9 heteroatoms. The van der Waals surface area contributed by atoms with Gasteiger partial charge in [-0.3, -0.25) is 4.79 Å². The van der Waals surface area contributed by atoms with Crippen LogP contribution in [0.3, 0.4) is 0 Å². The third-order valence-corrected chi connectivity index (χ3v) is 6.96. The molecular formula is C20H21ClN4O3S. The first-order valence-electron chi connectivity index (χ1n) is 9.07. The fourth-order valence-electron chi connectivity index (χ4n) is 2.88. The van der Waals surface area contributed by atoms with Crippen molar-refractivity contribution in [3.8, 4) is 11.4 Å². The molecule has 2 N–H and O–H groups in total. The standard InChI is InChI=1S/C20H21ClN4O3S/c1-3-25(4-2)29(27,28)18-13-15(7-10-17(18)21)20(26)24-16-8-5-14(6-9-16)19-22-11-12-23-19/h5-13H,3-4H2,1-2H3,(H,22,23)(H,24,26). The van der Waals surface area contributed by atoms with E-state index in [2.05, 4.69) is 15.3 Å². The number of nitrogens with zero attached hydrogens (tertiary/aromatic N) is 2. The number of carbonyl (C=O) groups is 1. The monoisotopic (exact) mass is 432 g/mol. The van der Waals surface area contributed by atoms with Gasteiger partial charge in [0.2, 0.25) is 10.0 Å². The molecule has 2 aromatic carbocycles. The minimum absolute atomic E-state index is 0.0799. The quantitative estimate of drug-likeness (QED) is 0.589. The summed E-state index contributed by atoms with van der Waals surface area (Å²) in [6.07, 6.45) is 3.39. The van der Waals surface area contributed by atoms with Crippen LogP contribution in [0.25, 0.3) is 11.4 Å². The van der Waals surface area contributed by atoms with Crippen LogP contribution in [0.5, 0.6) is 0 Å². The Morgan fingerprint density at radius 2 is 1.83 bits per heavy atom. The molecule has 0 spiro atoms. The van der Waals surface area contributed by atoms with E-state index in [9.17, 15) is 13.2 Å². The second-order valence-corrected chi connectivity index (χ2v) is 8.52. The van der Waals surface area contributed by atoms with Gasteiger partial charge < -0.3 is 10.3 Å². The summed E-state index contributed by atoms with van der Waals surface area (Å²) in [6, 6.07) is 11.4. The van der Waals surface area contributed by atoms with Crippen LogP contribution in [0.4, 0.5) is 5.69 Å². The topological polar surface area (TPSA) is 95.2 Å². The zero-order valence-corrected chi connectivity index (χ0v) is 17.6. The zero-order chi connectivity index (χ0) is 21.0. The molecule has 0 fully saturated rings. The molecule has 7 nitrogen and oxygen atoms in total. The largest absolute Gasteiger partial charge is 0.345 e. The van der Waals surface area contributed by atoms with E-state index in [1.807, 2.05) is 12.1 Å². The van der Waals surface area contributed by atoms with E-state index in [0.29, 0.717) is 18.8 Å². The summed E-state index contributed by atoms with van der Waals surface area (Å²) in [5.41, 5.74) is 1.66. The number of H-pyrrole nitrogens is 1. The first kappa shape index (κ1) is 21.0. The summed E-state index contributed by atoms with van der Waals surface area (Å²) >= 11 is 6.12. The molecule has 3 aromatic rings. The molecule has 0 saturated heterocycles. The highest BCUT2D eigenvalue weighted by Gasteiger charge is 2.25. The van der Waals surface area contributed by atoms with Gasteiger partial charge in [0.15, 0.2) is 0 Å². The van der Waals surface area contributed by atoms with Gasteiger partial charge in [0.05, 0.1) is 5.02 Å². The Morgan fingerprint density at radius 3 is 2.41 bits per heavy atom. The van der Waals surface area contributed by atoms with Crippen LogP contribution in [0, 0.1) is 0 Å². The Kier molecular flexibility index (Phi) is 6.36. The average molecular weight is 433 g/mol. The molecule has 0 bridgehead atoms. The van der Waals surface area contributed by atoms with Gasteiger partial charge in [0.25, 0.3) is 5.91 Å². The number of imidazole rings is 1. The third-order valence-electron chi connectivity index (χ3n) is 4.43. The summed E-state index contributed by atoms with van der Waals surface area (Å²) in [4.78, 5) is 19.8. The molecule has 152 valence electrons. The number of rotatable bonds is 7. The van der Waals surface area contributed by atoms with Crippen LogP contribution < -0.4 is 5.32 Å². The Hall–Kier alpha value is -2.68. The molecule has 0 unspecified atom stereocenters. The Bertz CT molecular complexity index is 1090. The van der Waals surface area contributed by atoms with Crippen LogP contribution in [0.2, 0.25) is 5.02 Å². The normalized spacial score (nSPS) is 11.6. The van der Waals surface area contributed by atoms with Crippen molar-refractivity contribution in [3.05, 3.63) is 65.4 Å². The minimum atomic E-state index is -3.78. The number of aromatic amines is 1. The van der Waals surface area contributed by atoms with Crippen molar-refractivity contribution in [2.24, 2.45) is 0 Å². The summed E-state index contributed by atoms with van der Waals surface area (Å²) in [5, 5.41) is 2.84. The molecule has 29 heavy (non-hydrogen) atoms. The van der Waals surface area contributed by atoms with Gasteiger partial charge in [-0.1, -0.05) is 25.4 Å². The molecule has 1 heterocycles. The van der Waals surface area contributed by atoms with Gasteiger partial charge in [-0.15, -0.1) is 0 Å². The van der Waals surface area contributed by atoms with Crippen molar-refractivity contribution in [1.29, 1.82) is 0 Å². The minimum Gasteiger partial charge on any atom is -0.345 e. The van der Waals surface area contributed by atoms with Crippen molar-refractivity contribution in [3.63, 3.8) is 0 Å². The number of nitrogens with one attached hydrogen (secondary N) is 2. The number of hydrogen-bond acceptors (Lipinski definition) is 4.